The molecule has 0 radical (unpaired) electrons. The summed E-state index contributed by atoms with van der Waals surface area (Å²) in [6, 6.07) is 1.74. The molecule has 114 valence electrons. The Bertz CT molecular complexity index is 481. The molecule has 7 nitrogen and oxygen atoms in total. The maximum absolute atomic E-state index is 11.8. The molecule has 1 fully saturated rings. The van der Waals surface area contributed by atoms with Gasteiger partial charge >= 0.3 is 0 Å². The standard InChI is InChI=1S/C12H22N4O3S/c13-10-2-4-11(5-3-10)19-9-1-7-15-20(17,18)12-6-8-14-16-12/h6,8,10-11,15H,1-5,7,9,13H2,(H,14,16). The van der Waals surface area contributed by atoms with E-state index in [2.05, 4.69) is 14.9 Å². The molecule has 0 atom stereocenters. The topological polar surface area (TPSA) is 110 Å². The van der Waals surface area contributed by atoms with E-state index in [0.29, 0.717) is 25.6 Å². The summed E-state index contributed by atoms with van der Waals surface area (Å²) in [7, 11) is -3.47. The average molecular weight is 302 g/mol. The molecule has 0 aromatic carbocycles. The fourth-order valence-electron chi connectivity index (χ4n) is 2.25. The summed E-state index contributed by atoms with van der Waals surface area (Å²) in [4.78, 5) is 0. The number of rotatable bonds is 7. The maximum atomic E-state index is 11.8. The second kappa shape index (κ2) is 7.16. The van der Waals surface area contributed by atoms with Crippen molar-refractivity contribution in [2.75, 3.05) is 13.2 Å². The Morgan fingerprint density at radius 2 is 2.15 bits per heavy atom. The number of nitrogens with zero attached hydrogens (tertiary/aromatic N) is 1. The second-order valence-electron chi connectivity index (χ2n) is 5.08. The summed E-state index contributed by atoms with van der Waals surface area (Å²) >= 11 is 0. The summed E-state index contributed by atoms with van der Waals surface area (Å²) in [5.41, 5.74) is 5.83. The second-order valence-corrected chi connectivity index (χ2v) is 6.82. The zero-order valence-corrected chi connectivity index (χ0v) is 12.2. The monoisotopic (exact) mass is 302 g/mol. The minimum atomic E-state index is -3.47. The number of nitrogens with two attached hydrogens (primary N) is 1. The molecule has 1 heterocycles. The molecular weight excluding hydrogens is 280 g/mol. The van der Waals surface area contributed by atoms with Crippen LogP contribution in [0.4, 0.5) is 0 Å². The van der Waals surface area contributed by atoms with E-state index in [9.17, 15) is 8.42 Å². The number of hydrogen-bond donors (Lipinski definition) is 3. The maximum Gasteiger partial charge on any atom is 0.257 e. The Kier molecular flexibility index (Phi) is 5.53. The van der Waals surface area contributed by atoms with Gasteiger partial charge in [0.1, 0.15) is 0 Å². The van der Waals surface area contributed by atoms with Crippen molar-refractivity contribution in [1.82, 2.24) is 14.9 Å². The molecule has 2 rings (SSSR count). The van der Waals surface area contributed by atoms with Gasteiger partial charge in [-0.1, -0.05) is 0 Å². The van der Waals surface area contributed by atoms with Gasteiger partial charge in [-0.3, -0.25) is 5.10 Å². The fourth-order valence-corrected chi connectivity index (χ4v) is 3.24. The van der Waals surface area contributed by atoms with Crippen LogP contribution < -0.4 is 10.5 Å². The van der Waals surface area contributed by atoms with E-state index in [1.807, 2.05) is 0 Å². The molecule has 1 saturated carbocycles. The van der Waals surface area contributed by atoms with Crippen LogP contribution in [-0.4, -0.2) is 43.9 Å². The van der Waals surface area contributed by atoms with Gasteiger partial charge in [0.05, 0.1) is 12.3 Å². The number of aromatic nitrogens is 2. The van der Waals surface area contributed by atoms with Gasteiger partial charge in [-0.25, -0.2) is 13.1 Å². The zero-order valence-electron chi connectivity index (χ0n) is 11.4. The minimum Gasteiger partial charge on any atom is -0.378 e. The van der Waals surface area contributed by atoms with Crippen molar-refractivity contribution in [2.24, 2.45) is 5.73 Å². The van der Waals surface area contributed by atoms with E-state index >= 15 is 0 Å². The van der Waals surface area contributed by atoms with Gasteiger partial charge < -0.3 is 10.5 Å². The van der Waals surface area contributed by atoms with Crippen LogP contribution in [0.5, 0.6) is 0 Å². The summed E-state index contributed by atoms with van der Waals surface area (Å²) in [6.45, 7) is 0.916. The fraction of sp³-hybridized carbons (Fsp3) is 0.750. The Morgan fingerprint density at radius 1 is 1.40 bits per heavy atom. The lowest BCUT2D eigenvalue weighted by atomic mass is 9.94. The normalized spacial score (nSPS) is 23.9. The molecule has 0 bridgehead atoms. The van der Waals surface area contributed by atoms with E-state index in [0.717, 1.165) is 25.7 Å². The first-order valence-electron chi connectivity index (χ1n) is 6.94. The largest absolute Gasteiger partial charge is 0.378 e. The summed E-state index contributed by atoms with van der Waals surface area (Å²) in [6.07, 6.45) is 6.36. The predicted molar refractivity (Wildman–Crippen MR) is 74.6 cm³/mol. The van der Waals surface area contributed by atoms with E-state index < -0.39 is 10.0 Å². The first-order valence-corrected chi connectivity index (χ1v) is 8.42. The van der Waals surface area contributed by atoms with Gasteiger partial charge in [0.2, 0.25) is 0 Å². The van der Waals surface area contributed by atoms with Crippen LogP contribution in [0.3, 0.4) is 0 Å². The first-order chi connectivity index (χ1) is 9.58. The summed E-state index contributed by atoms with van der Waals surface area (Å²) in [5, 5.41) is 6.13. The molecule has 0 amide bonds. The molecule has 20 heavy (non-hydrogen) atoms. The molecule has 8 heteroatoms. The van der Waals surface area contributed by atoms with Crippen LogP contribution in [0.1, 0.15) is 32.1 Å². The number of hydrogen-bond acceptors (Lipinski definition) is 5. The van der Waals surface area contributed by atoms with Crippen LogP contribution in [0.15, 0.2) is 17.3 Å². The first kappa shape index (κ1) is 15.4. The molecule has 0 spiro atoms. The highest BCUT2D eigenvalue weighted by Crippen LogP contribution is 2.19. The van der Waals surface area contributed by atoms with Crippen LogP contribution >= 0.6 is 0 Å². The third kappa shape index (κ3) is 4.55. The lowest BCUT2D eigenvalue weighted by molar-refractivity contribution is 0.0245. The third-order valence-corrected chi connectivity index (χ3v) is 4.84. The Labute approximate surface area is 119 Å². The van der Waals surface area contributed by atoms with E-state index in [1.165, 1.54) is 12.3 Å². The van der Waals surface area contributed by atoms with Crippen molar-refractivity contribution in [1.29, 1.82) is 0 Å². The van der Waals surface area contributed by atoms with Gasteiger partial charge in [0.15, 0.2) is 5.03 Å². The quantitative estimate of drug-likeness (QED) is 0.630. The van der Waals surface area contributed by atoms with Gasteiger partial charge in [0.25, 0.3) is 10.0 Å². The average Bonchev–Trinajstić information content (AvgIpc) is 2.95. The highest BCUT2D eigenvalue weighted by molar-refractivity contribution is 7.89. The van der Waals surface area contributed by atoms with Crippen molar-refractivity contribution in [2.45, 2.75) is 49.3 Å². The van der Waals surface area contributed by atoms with Crippen molar-refractivity contribution in [3.8, 4) is 0 Å². The van der Waals surface area contributed by atoms with Crippen LogP contribution in [0.25, 0.3) is 0 Å². The molecule has 1 aromatic heterocycles. The third-order valence-electron chi connectivity index (χ3n) is 3.45. The minimum absolute atomic E-state index is 0.0830. The Balaban J connectivity index is 1.60. The Hall–Kier alpha value is -0.960. The van der Waals surface area contributed by atoms with Crippen molar-refractivity contribution in [3.63, 3.8) is 0 Å². The van der Waals surface area contributed by atoms with Crippen molar-refractivity contribution >= 4 is 10.0 Å². The van der Waals surface area contributed by atoms with Crippen molar-refractivity contribution < 1.29 is 13.2 Å². The van der Waals surface area contributed by atoms with Crippen LogP contribution in [0, 0.1) is 0 Å². The SMILES string of the molecule is NC1CCC(OCCCNS(=O)(=O)c2ccn[nH]2)CC1. The van der Waals surface area contributed by atoms with E-state index in [1.54, 1.807) is 0 Å². The molecule has 0 unspecified atom stereocenters. The van der Waals surface area contributed by atoms with Gasteiger partial charge in [-0.2, -0.15) is 5.10 Å². The van der Waals surface area contributed by atoms with Gasteiger partial charge in [0, 0.05) is 19.2 Å². The molecule has 0 aliphatic heterocycles. The highest BCUT2D eigenvalue weighted by atomic mass is 32.2. The van der Waals surface area contributed by atoms with E-state index in [4.69, 9.17) is 10.5 Å². The summed E-state index contributed by atoms with van der Waals surface area (Å²) < 4.78 is 31.7. The molecule has 0 saturated heterocycles. The van der Waals surface area contributed by atoms with Gasteiger partial charge in [-0.05, 0) is 38.2 Å². The number of aromatic amines is 1. The lowest BCUT2D eigenvalue weighted by Crippen LogP contribution is -2.31. The lowest BCUT2D eigenvalue weighted by Gasteiger charge is -2.26. The smallest absolute Gasteiger partial charge is 0.257 e. The van der Waals surface area contributed by atoms with Crippen LogP contribution in [-0.2, 0) is 14.8 Å². The molecule has 1 aromatic rings. The molecular formula is C12H22N4O3S. The molecule has 1 aliphatic carbocycles. The highest BCUT2D eigenvalue weighted by Gasteiger charge is 2.19. The summed E-state index contributed by atoms with van der Waals surface area (Å²) in [5.74, 6) is 0. The number of nitrogens with one attached hydrogen (secondary N) is 2. The van der Waals surface area contributed by atoms with Gasteiger partial charge in [-0.15, -0.1) is 0 Å². The van der Waals surface area contributed by atoms with Crippen LogP contribution in [0.2, 0.25) is 0 Å². The molecule has 1 aliphatic rings. The van der Waals surface area contributed by atoms with E-state index in [-0.39, 0.29) is 11.1 Å². The number of H-pyrrole nitrogens is 1. The molecule has 4 N–H and O–H groups in total. The number of sulfonamides is 1. The zero-order chi connectivity index (χ0) is 14.4. The number of ether oxygens (including phenoxy) is 1. The predicted octanol–water partition coefficient (Wildman–Crippen LogP) is 0.365. The Morgan fingerprint density at radius 3 is 2.80 bits per heavy atom. The van der Waals surface area contributed by atoms with Crippen molar-refractivity contribution in [3.05, 3.63) is 12.3 Å².